The summed E-state index contributed by atoms with van der Waals surface area (Å²) in [4.78, 5) is 11.7. The normalized spacial score (nSPS) is 28.7. The van der Waals surface area contributed by atoms with Crippen LogP contribution in [-0.2, 0) is 4.79 Å². The average molecular weight is 206 g/mol. The molecule has 2 unspecified atom stereocenters. The van der Waals surface area contributed by atoms with Crippen LogP contribution in [0, 0.1) is 17.2 Å². The van der Waals surface area contributed by atoms with Crippen LogP contribution in [0.1, 0.15) is 32.3 Å². The van der Waals surface area contributed by atoms with Crippen LogP contribution < -0.4 is 0 Å². The predicted octanol–water partition coefficient (Wildman–Crippen LogP) is 3.15. The predicted molar refractivity (Wildman–Crippen MR) is 57.1 cm³/mol. The van der Waals surface area contributed by atoms with E-state index in [2.05, 4.69) is 0 Å². The zero-order chi connectivity index (χ0) is 11.2. The van der Waals surface area contributed by atoms with Crippen molar-refractivity contribution >= 4 is 5.78 Å². The molecule has 0 amide bonds. The zero-order valence-corrected chi connectivity index (χ0v) is 9.25. The highest BCUT2D eigenvalue weighted by Gasteiger charge is 2.53. The summed E-state index contributed by atoms with van der Waals surface area (Å²) in [6, 6.07) is 6.48. The van der Waals surface area contributed by atoms with Crippen LogP contribution in [0.5, 0.6) is 0 Å². The first-order chi connectivity index (χ1) is 6.94. The fraction of sp³-hybridized carbons (Fsp3) is 0.462. The molecule has 2 rings (SSSR count). The molecule has 0 heterocycles. The number of benzene rings is 1. The molecule has 1 saturated carbocycles. The van der Waals surface area contributed by atoms with Crippen molar-refractivity contribution in [3.05, 3.63) is 35.6 Å². The van der Waals surface area contributed by atoms with E-state index in [1.165, 1.54) is 12.1 Å². The lowest BCUT2D eigenvalue weighted by Gasteiger charge is -2.48. The third-order valence-corrected chi connectivity index (χ3v) is 3.56. The number of rotatable bonds is 1. The van der Waals surface area contributed by atoms with Gasteiger partial charge in [0, 0.05) is 17.3 Å². The van der Waals surface area contributed by atoms with E-state index < -0.39 is 0 Å². The van der Waals surface area contributed by atoms with Gasteiger partial charge in [-0.3, -0.25) is 4.79 Å². The maximum Gasteiger partial charge on any atom is 0.142 e. The molecule has 1 fully saturated rings. The molecule has 0 radical (unpaired) electrons. The molecular weight excluding hydrogens is 191 g/mol. The standard InChI is InChI=1S/C13H15FO/c1-8-11(13(2,3)12(8)15)9-4-6-10(14)7-5-9/h4-8,11H,1-3H3. The van der Waals surface area contributed by atoms with Gasteiger partial charge < -0.3 is 0 Å². The number of hydrogen-bond acceptors (Lipinski definition) is 1. The first-order valence-electron chi connectivity index (χ1n) is 5.24. The molecule has 15 heavy (non-hydrogen) atoms. The molecule has 0 aromatic heterocycles. The summed E-state index contributed by atoms with van der Waals surface area (Å²) in [6.07, 6.45) is 0. The summed E-state index contributed by atoms with van der Waals surface area (Å²) in [5, 5.41) is 0. The van der Waals surface area contributed by atoms with Crippen molar-refractivity contribution < 1.29 is 9.18 Å². The Bertz CT molecular complexity index is 392. The van der Waals surface area contributed by atoms with Gasteiger partial charge in [0.1, 0.15) is 11.6 Å². The monoisotopic (exact) mass is 206 g/mol. The quantitative estimate of drug-likeness (QED) is 0.689. The van der Waals surface area contributed by atoms with Crippen LogP contribution in [0.4, 0.5) is 4.39 Å². The molecular formula is C13H15FO. The second-order valence-electron chi connectivity index (χ2n) is 4.90. The van der Waals surface area contributed by atoms with Crippen molar-refractivity contribution in [3.63, 3.8) is 0 Å². The minimum atomic E-state index is -0.294. The summed E-state index contributed by atoms with van der Waals surface area (Å²) < 4.78 is 12.8. The number of Topliss-reactive ketones (excluding diaryl/α,β-unsaturated/α-hetero) is 1. The van der Waals surface area contributed by atoms with E-state index >= 15 is 0 Å². The molecule has 2 atom stereocenters. The summed E-state index contributed by atoms with van der Waals surface area (Å²) in [5.74, 6) is 0.364. The minimum Gasteiger partial charge on any atom is -0.299 e. The van der Waals surface area contributed by atoms with Crippen LogP contribution in [0.2, 0.25) is 0 Å². The van der Waals surface area contributed by atoms with Crippen LogP contribution >= 0.6 is 0 Å². The second kappa shape index (κ2) is 3.16. The van der Waals surface area contributed by atoms with Crippen molar-refractivity contribution in [3.8, 4) is 0 Å². The lowest BCUT2D eigenvalue weighted by Crippen LogP contribution is -2.51. The zero-order valence-electron chi connectivity index (χ0n) is 9.25. The molecule has 1 aromatic carbocycles. The smallest absolute Gasteiger partial charge is 0.142 e. The Kier molecular flexibility index (Phi) is 2.18. The number of carbonyl (C=O) groups excluding carboxylic acids is 1. The Labute approximate surface area is 89.3 Å². The summed E-state index contributed by atoms with van der Waals surface area (Å²) >= 11 is 0. The van der Waals surface area contributed by atoms with E-state index in [9.17, 15) is 9.18 Å². The molecule has 0 aliphatic heterocycles. The summed E-state index contributed by atoms with van der Waals surface area (Å²) in [7, 11) is 0. The molecule has 0 bridgehead atoms. The molecule has 1 nitrogen and oxygen atoms in total. The fourth-order valence-corrected chi connectivity index (χ4v) is 2.80. The Balaban J connectivity index is 2.33. The van der Waals surface area contributed by atoms with Crippen molar-refractivity contribution in [1.82, 2.24) is 0 Å². The van der Waals surface area contributed by atoms with Crippen LogP contribution in [0.25, 0.3) is 0 Å². The molecule has 1 aliphatic carbocycles. The van der Waals surface area contributed by atoms with E-state index in [-0.39, 0.29) is 23.1 Å². The number of hydrogen-bond donors (Lipinski definition) is 0. The molecule has 0 saturated heterocycles. The molecule has 1 aliphatic rings. The largest absolute Gasteiger partial charge is 0.299 e. The Morgan fingerprint density at radius 1 is 1.20 bits per heavy atom. The van der Waals surface area contributed by atoms with Gasteiger partial charge in [0.05, 0.1) is 0 Å². The van der Waals surface area contributed by atoms with Gasteiger partial charge in [-0.15, -0.1) is 0 Å². The van der Waals surface area contributed by atoms with Crippen molar-refractivity contribution in [2.45, 2.75) is 26.7 Å². The van der Waals surface area contributed by atoms with Gasteiger partial charge >= 0.3 is 0 Å². The Morgan fingerprint density at radius 2 is 1.73 bits per heavy atom. The van der Waals surface area contributed by atoms with Crippen molar-refractivity contribution in [2.75, 3.05) is 0 Å². The summed E-state index contributed by atoms with van der Waals surface area (Å²) in [6.45, 7) is 5.87. The molecule has 0 N–H and O–H groups in total. The summed E-state index contributed by atoms with van der Waals surface area (Å²) in [5.41, 5.74) is 0.769. The number of ketones is 1. The second-order valence-corrected chi connectivity index (χ2v) is 4.90. The van der Waals surface area contributed by atoms with Gasteiger partial charge in [-0.2, -0.15) is 0 Å². The molecule has 1 aromatic rings. The topological polar surface area (TPSA) is 17.1 Å². The van der Waals surface area contributed by atoms with Gasteiger partial charge in [-0.05, 0) is 17.7 Å². The van der Waals surface area contributed by atoms with E-state index in [0.717, 1.165) is 5.56 Å². The lowest BCUT2D eigenvalue weighted by atomic mass is 9.53. The Hall–Kier alpha value is -1.18. The van der Waals surface area contributed by atoms with Crippen molar-refractivity contribution in [2.24, 2.45) is 11.3 Å². The van der Waals surface area contributed by atoms with Crippen LogP contribution in [-0.4, -0.2) is 5.78 Å². The first kappa shape index (κ1) is 10.3. The van der Waals surface area contributed by atoms with Gasteiger partial charge in [-0.1, -0.05) is 32.9 Å². The van der Waals surface area contributed by atoms with Gasteiger partial charge in [0.15, 0.2) is 0 Å². The number of carbonyl (C=O) groups is 1. The lowest BCUT2D eigenvalue weighted by molar-refractivity contribution is -0.145. The average Bonchev–Trinajstić information content (AvgIpc) is 2.20. The maximum atomic E-state index is 12.8. The van der Waals surface area contributed by atoms with E-state index in [4.69, 9.17) is 0 Å². The van der Waals surface area contributed by atoms with Gasteiger partial charge in [-0.25, -0.2) is 4.39 Å². The first-order valence-corrected chi connectivity index (χ1v) is 5.24. The van der Waals surface area contributed by atoms with Gasteiger partial charge in [0.25, 0.3) is 0 Å². The van der Waals surface area contributed by atoms with Crippen LogP contribution in [0.15, 0.2) is 24.3 Å². The highest BCUT2D eigenvalue weighted by molar-refractivity contribution is 5.94. The third kappa shape index (κ3) is 1.39. The van der Waals surface area contributed by atoms with E-state index in [1.807, 2.05) is 20.8 Å². The van der Waals surface area contributed by atoms with E-state index in [0.29, 0.717) is 5.78 Å². The third-order valence-electron chi connectivity index (χ3n) is 3.56. The van der Waals surface area contributed by atoms with E-state index in [1.54, 1.807) is 12.1 Å². The fourth-order valence-electron chi connectivity index (χ4n) is 2.80. The van der Waals surface area contributed by atoms with Gasteiger partial charge in [0.2, 0.25) is 0 Å². The van der Waals surface area contributed by atoms with Crippen molar-refractivity contribution in [1.29, 1.82) is 0 Å². The highest BCUT2D eigenvalue weighted by atomic mass is 19.1. The number of halogens is 1. The molecule has 0 spiro atoms. The minimum absolute atomic E-state index is 0.0606. The molecule has 80 valence electrons. The Morgan fingerprint density at radius 3 is 2.20 bits per heavy atom. The van der Waals surface area contributed by atoms with Crippen LogP contribution in [0.3, 0.4) is 0 Å². The SMILES string of the molecule is CC1C(=O)C(C)(C)C1c1ccc(F)cc1. The highest BCUT2D eigenvalue weighted by Crippen LogP contribution is 2.53. The maximum absolute atomic E-state index is 12.8. The molecule has 2 heteroatoms.